The summed E-state index contributed by atoms with van der Waals surface area (Å²) in [5.41, 5.74) is 1.30. The van der Waals surface area contributed by atoms with Gasteiger partial charge in [-0.2, -0.15) is 0 Å². The molecule has 0 aliphatic carbocycles. The molecule has 0 saturated carbocycles. The summed E-state index contributed by atoms with van der Waals surface area (Å²) in [6.45, 7) is 4.55. The van der Waals surface area contributed by atoms with Crippen LogP contribution in [0.5, 0.6) is 0 Å². The second kappa shape index (κ2) is 6.58. The predicted molar refractivity (Wildman–Crippen MR) is 81.1 cm³/mol. The van der Waals surface area contributed by atoms with Gasteiger partial charge in [0, 0.05) is 0 Å². The Morgan fingerprint density at radius 1 is 0.889 bits per heavy atom. The van der Waals surface area contributed by atoms with E-state index in [2.05, 4.69) is 80.6 Å². The van der Waals surface area contributed by atoms with E-state index >= 15 is 0 Å². The van der Waals surface area contributed by atoms with Crippen molar-refractivity contribution in [3.63, 3.8) is 0 Å². The normalized spacial score (nSPS) is 11.8. The maximum atomic E-state index is 2.34. The molecule has 18 heavy (non-hydrogen) atoms. The molecule has 0 aliphatic heterocycles. The third-order valence-electron chi connectivity index (χ3n) is 2.66. The van der Waals surface area contributed by atoms with E-state index in [0.29, 0.717) is 20.9 Å². The molecule has 2 aromatic carbocycles. The van der Waals surface area contributed by atoms with Crippen LogP contribution in [0.4, 0.5) is 0 Å². The van der Waals surface area contributed by atoms with Crippen LogP contribution in [0, 0.1) is 5.92 Å². The van der Waals surface area contributed by atoms with Crippen molar-refractivity contribution in [2.24, 2.45) is 5.92 Å². The second-order valence-corrected chi connectivity index (χ2v) is 6.93. The Morgan fingerprint density at radius 2 is 1.44 bits per heavy atom. The van der Waals surface area contributed by atoms with Crippen LogP contribution < -0.4 is 4.46 Å². The van der Waals surface area contributed by atoms with Crippen LogP contribution in [-0.4, -0.2) is 15.0 Å². The van der Waals surface area contributed by atoms with Crippen LogP contribution in [0.15, 0.2) is 65.1 Å². The van der Waals surface area contributed by atoms with Gasteiger partial charge in [0.15, 0.2) is 0 Å². The van der Waals surface area contributed by atoms with Crippen LogP contribution in [0.2, 0.25) is 0 Å². The van der Waals surface area contributed by atoms with Crippen LogP contribution in [0.25, 0.3) is 6.08 Å². The van der Waals surface area contributed by atoms with E-state index in [4.69, 9.17) is 0 Å². The van der Waals surface area contributed by atoms with Gasteiger partial charge in [-0.15, -0.1) is 0 Å². The monoisotopic (exact) mass is 302 g/mol. The van der Waals surface area contributed by atoms with Gasteiger partial charge >= 0.3 is 116 Å². The van der Waals surface area contributed by atoms with Gasteiger partial charge in [-0.3, -0.25) is 0 Å². The molecule has 92 valence electrons. The van der Waals surface area contributed by atoms with Crippen LogP contribution in [-0.2, 0) is 0 Å². The van der Waals surface area contributed by atoms with Gasteiger partial charge in [-0.05, 0) is 0 Å². The zero-order valence-corrected chi connectivity index (χ0v) is 12.5. The molecular formula is C17H18Se. The number of allylic oxidation sites excluding steroid dienone is 1. The molecule has 0 fully saturated rings. The molecule has 1 heteroatoms. The van der Waals surface area contributed by atoms with Crippen LogP contribution >= 0.6 is 0 Å². The van der Waals surface area contributed by atoms with Gasteiger partial charge < -0.3 is 0 Å². The number of benzene rings is 2. The third-order valence-corrected chi connectivity index (χ3v) is 5.45. The average molecular weight is 301 g/mol. The first-order valence-electron chi connectivity index (χ1n) is 6.25. The van der Waals surface area contributed by atoms with Crippen molar-refractivity contribution < 1.29 is 0 Å². The summed E-state index contributed by atoms with van der Waals surface area (Å²) < 4.78 is 2.99. The van der Waals surface area contributed by atoms with Gasteiger partial charge in [-0.25, -0.2) is 0 Å². The average Bonchev–Trinajstić information content (AvgIpc) is 2.40. The summed E-state index contributed by atoms with van der Waals surface area (Å²) in [5.74, 6) is 0.602. The maximum absolute atomic E-state index is 2.34. The minimum atomic E-state index is 0.422. The third kappa shape index (κ3) is 3.87. The van der Waals surface area contributed by atoms with E-state index < -0.39 is 0 Å². The van der Waals surface area contributed by atoms with Crippen molar-refractivity contribution in [2.75, 3.05) is 0 Å². The summed E-state index contributed by atoms with van der Waals surface area (Å²) in [7, 11) is 0. The Morgan fingerprint density at radius 3 is 2.00 bits per heavy atom. The van der Waals surface area contributed by atoms with Gasteiger partial charge in [0.25, 0.3) is 0 Å². The molecular weight excluding hydrogens is 283 g/mol. The zero-order chi connectivity index (χ0) is 12.8. The molecule has 0 aromatic heterocycles. The van der Waals surface area contributed by atoms with Crippen molar-refractivity contribution in [1.29, 1.82) is 0 Å². The summed E-state index contributed by atoms with van der Waals surface area (Å²) in [4.78, 5) is 0. The van der Waals surface area contributed by atoms with E-state index in [0.717, 1.165) is 0 Å². The number of rotatable bonds is 4. The molecule has 0 aliphatic rings. The fraction of sp³-hybridized carbons (Fsp3) is 0.176. The van der Waals surface area contributed by atoms with Gasteiger partial charge in [-0.1, -0.05) is 0 Å². The first-order chi connectivity index (χ1) is 8.75. The molecule has 0 N–H and O–H groups in total. The molecule has 0 amide bonds. The standard InChI is InChI=1S/C17H18Se/c1-14(2)17(13-15-9-5-3-6-10-15)18-16-11-7-4-8-12-16/h3-14H,1-2H3/b17-13-. The van der Waals surface area contributed by atoms with Crippen molar-refractivity contribution in [1.82, 2.24) is 0 Å². The van der Waals surface area contributed by atoms with Crippen LogP contribution in [0.1, 0.15) is 19.4 Å². The van der Waals surface area contributed by atoms with E-state index in [-0.39, 0.29) is 0 Å². The van der Waals surface area contributed by atoms with E-state index in [9.17, 15) is 0 Å². The summed E-state index contributed by atoms with van der Waals surface area (Å²) in [6, 6.07) is 21.4. The first-order valence-corrected chi connectivity index (χ1v) is 7.96. The second-order valence-electron chi connectivity index (χ2n) is 4.53. The molecule has 2 rings (SSSR count). The minimum absolute atomic E-state index is 0.422. The molecule has 0 unspecified atom stereocenters. The zero-order valence-electron chi connectivity index (χ0n) is 10.8. The van der Waals surface area contributed by atoms with Gasteiger partial charge in [0.05, 0.1) is 0 Å². The van der Waals surface area contributed by atoms with Crippen molar-refractivity contribution in [3.8, 4) is 0 Å². The quantitative estimate of drug-likeness (QED) is 0.755. The summed E-state index contributed by atoms with van der Waals surface area (Å²) in [6.07, 6.45) is 2.34. The fourth-order valence-corrected chi connectivity index (χ4v) is 3.74. The van der Waals surface area contributed by atoms with E-state index in [1.165, 1.54) is 10.0 Å². The Labute approximate surface area is 116 Å². The fourth-order valence-electron chi connectivity index (χ4n) is 1.65. The van der Waals surface area contributed by atoms with Crippen molar-refractivity contribution >= 4 is 25.5 Å². The SMILES string of the molecule is CC(C)/C(=C/c1ccccc1)[Se]c1ccccc1. The van der Waals surface area contributed by atoms with Gasteiger partial charge in [0.1, 0.15) is 0 Å². The first kappa shape index (κ1) is 13.1. The summed E-state index contributed by atoms with van der Waals surface area (Å²) in [5, 5.41) is 0. The molecule has 0 spiro atoms. The Bertz CT molecular complexity index is 498. The number of hydrogen-bond donors (Lipinski definition) is 0. The van der Waals surface area contributed by atoms with Crippen molar-refractivity contribution in [2.45, 2.75) is 13.8 Å². The molecule has 0 bridgehead atoms. The van der Waals surface area contributed by atoms with Crippen molar-refractivity contribution in [3.05, 3.63) is 70.7 Å². The Hall–Kier alpha value is -1.30. The topological polar surface area (TPSA) is 0 Å². The molecule has 0 radical (unpaired) electrons. The van der Waals surface area contributed by atoms with E-state index in [1.807, 2.05) is 0 Å². The molecule has 0 atom stereocenters. The Kier molecular flexibility index (Phi) is 4.81. The predicted octanol–water partition coefficient (Wildman–Crippen LogP) is 3.71. The Balaban J connectivity index is 2.22. The van der Waals surface area contributed by atoms with E-state index in [1.54, 1.807) is 4.47 Å². The number of hydrogen-bond acceptors (Lipinski definition) is 0. The molecule has 0 nitrogen and oxygen atoms in total. The molecule has 0 heterocycles. The van der Waals surface area contributed by atoms with Gasteiger partial charge in [0.2, 0.25) is 0 Å². The van der Waals surface area contributed by atoms with Crippen LogP contribution in [0.3, 0.4) is 0 Å². The summed E-state index contributed by atoms with van der Waals surface area (Å²) >= 11 is 0.422. The molecule has 0 saturated heterocycles. The molecule has 2 aromatic rings.